The van der Waals surface area contributed by atoms with Gasteiger partial charge >= 0.3 is 0 Å². The number of hydrogen-bond acceptors (Lipinski definition) is 2. The van der Waals surface area contributed by atoms with Gasteiger partial charge in [0.25, 0.3) is 0 Å². The minimum Gasteiger partial charge on any atom is -0.315 e. The van der Waals surface area contributed by atoms with Crippen LogP contribution in [-0.4, -0.2) is 36.1 Å². The summed E-state index contributed by atoms with van der Waals surface area (Å²) < 4.78 is 0. The van der Waals surface area contributed by atoms with Crippen LogP contribution >= 0.6 is 0 Å². The molecule has 2 aliphatic rings. The highest BCUT2D eigenvalue weighted by Gasteiger charge is 2.43. The highest BCUT2D eigenvalue weighted by atomic mass is 15.3. The molecular weight excluding hydrogens is 184 g/mol. The first-order valence-electron chi connectivity index (χ1n) is 6.60. The number of rotatable bonds is 2. The van der Waals surface area contributed by atoms with E-state index in [0.717, 1.165) is 6.04 Å². The first-order chi connectivity index (χ1) is 7.16. The molecular formula is C13H26N2. The Morgan fingerprint density at radius 3 is 2.27 bits per heavy atom. The second-order valence-electron chi connectivity index (χ2n) is 5.77. The topological polar surface area (TPSA) is 15.3 Å². The van der Waals surface area contributed by atoms with Crippen molar-refractivity contribution in [1.82, 2.24) is 10.2 Å². The summed E-state index contributed by atoms with van der Waals surface area (Å²) in [6.45, 7) is 6.12. The normalized spacial score (nSPS) is 33.4. The second-order valence-corrected chi connectivity index (χ2v) is 5.77. The van der Waals surface area contributed by atoms with Gasteiger partial charge in [0.05, 0.1) is 0 Å². The van der Waals surface area contributed by atoms with E-state index in [2.05, 4.69) is 31.1 Å². The van der Waals surface area contributed by atoms with Gasteiger partial charge < -0.3 is 5.32 Å². The molecule has 0 amide bonds. The SMILES string of the molecule is CNC1CCN(C2CCCCC2)C1(C)C. The Morgan fingerprint density at radius 1 is 1.07 bits per heavy atom. The number of likely N-dealkylation sites (tertiary alicyclic amines) is 1. The third-order valence-electron chi connectivity index (χ3n) is 4.62. The molecule has 2 nitrogen and oxygen atoms in total. The van der Waals surface area contributed by atoms with Gasteiger partial charge in [-0.1, -0.05) is 19.3 Å². The van der Waals surface area contributed by atoms with Gasteiger partial charge in [-0.25, -0.2) is 0 Å². The summed E-state index contributed by atoms with van der Waals surface area (Å²) in [6.07, 6.45) is 8.53. The van der Waals surface area contributed by atoms with Crippen LogP contribution in [0.5, 0.6) is 0 Å². The zero-order valence-corrected chi connectivity index (χ0v) is 10.6. The Balaban J connectivity index is 2.03. The van der Waals surface area contributed by atoms with Crippen LogP contribution in [0.15, 0.2) is 0 Å². The van der Waals surface area contributed by atoms with E-state index in [1.165, 1.54) is 45.1 Å². The van der Waals surface area contributed by atoms with Crippen LogP contribution in [0, 0.1) is 0 Å². The van der Waals surface area contributed by atoms with Crippen LogP contribution in [0.2, 0.25) is 0 Å². The van der Waals surface area contributed by atoms with Crippen molar-refractivity contribution in [1.29, 1.82) is 0 Å². The number of hydrogen-bond donors (Lipinski definition) is 1. The molecule has 1 saturated heterocycles. The predicted octanol–water partition coefficient (Wildman–Crippen LogP) is 2.39. The molecule has 1 aliphatic heterocycles. The molecule has 1 unspecified atom stereocenters. The molecule has 0 bridgehead atoms. The summed E-state index contributed by atoms with van der Waals surface area (Å²) in [4.78, 5) is 2.77. The molecule has 1 aliphatic carbocycles. The van der Waals surface area contributed by atoms with Gasteiger partial charge in [0.15, 0.2) is 0 Å². The molecule has 0 aromatic carbocycles. The molecule has 0 radical (unpaired) electrons. The third-order valence-corrected chi connectivity index (χ3v) is 4.62. The monoisotopic (exact) mass is 210 g/mol. The largest absolute Gasteiger partial charge is 0.315 e. The minimum atomic E-state index is 0.358. The fourth-order valence-corrected chi connectivity index (χ4v) is 3.65. The summed E-state index contributed by atoms with van der Waals surface area (Å²) in [5.41, 5.74) is 0.358. The lowest BCUT2D eigenvalue weighted by atomic mass is 9.89. The Hall–Kier alpha value is -0.0800. The Morgan fingerprint density at radius 2 is 1.73 bits per heavy atom. The van der Waals surface area contributed by atoms with Crippen LogP contribution in [0.3, 0.4) is 0 Å². The molecule has 1 saturated carbocycles. The van der Waals surface area contributed by atoms with E-state index in [9.17, 15) is 0 Å². The first kappa shape index (κ1) is 11.4. The lowest BCUT2D eigenvalue weighted by Gasteiger charge is -2.42. The molecule has 0 aromatic rings. The Kier molecular flexibility index (Phi) is 3.36. The van der Waals surface area contributed by atoms with Gasteiger partial charge in [-0.05, 0) is 40.2 Å². The number of nitrogens with one attached hydrogen (secondary N) is 1. The van der Waals surface area contributed by atoms with Crippen LogP contribution in [-0.2, 0) is 0 Å². The van der Waals surface area contributed by atoms with Crippen molar-refractivity contribution in [2.75, 3.05) is 13.6 Å². The molecule has 2 fully saturated rings. The van der Waals surface area contributed by atoms with E-state index in [4.69, 9.17) is 0 Å². The molecule has 2 heteroatoms. The number of likely N-dealkylation sites (N-methyl/N-ethyl adjacent to an activating group) is 1. The molecule has 1 heterocycles. The summed E-state index contributed by atoms with van der Waals surface area (Å²) in [5, 5.41) is 3.48. The van der Waals surface area contributed by atoms with Crippen LogP contribution in [0.25, 0.3) is 0 Å². The van der Waals surface area contributed by atoms with Crippen molar-refractivity contribution in [3.8, 4) is 0 Å². The van der Waals surface area contributed by atoms with Crippen molar-refractivity contribution in [2.24, 2.45) is 0 Å². The maximum atomic E-state index is 3.48. The van der Waals surface area contributed by atoms with E-state index in [-0.39, 0.29) is 0 Å². The van der Waals surface area contributed by atoms with Gasteiger partial charge in [0, 0.05) is 24.2 Å². The molecule has 0 aromatic heterocycles. The summed E-state index contributed by atoms with van der Waals surface area (Å²) in [6, 6.07) is 1.55. The van der Waals surface area contributed by atoms with Gasteiger partial charge in [0.1, 0.15) is 0 Å². The van der Waals surface area contributed by atoms with E-state index in [0.29, 0.717) is 11.6 Å². The van der Waals surface area contributed by atoms with Crippen molar-refractivity contribution in [2.45, 2.75) is 70.0 Å². The quantitative estimate of drug-likeness (QED) is 0.753. The van der Waals surface area contributed by atoms with Crippen LogP contribution in [0.4, 0.5) is 0 Å². The van der Waals surface area contributed by atoms with Gasteiger partial charge in [-0.3, -0.25) is 4.90 Å². The second kappa shape index (κ2) is 4.42. The zero-order valence-electron chi connectivity index (χ0n) is 10.6. The third kappa shape index (κ3) is 2.07. The van der Waals surface area contributed by atoms with Crippen molar-refractivity contribution < 1.29 is 0 Å². The standard InChI is InChI=1S/C13H26N2/c1-13(2)12(14-3)9-10-15(13)11-7-5-4-6-8-11/h11-12,14H,4-10H2,1-3H3. The molecule has 1 N–H and O–H groups in total. The first-order valence-corrected chi connectivity index (χ1v) is 6.60. The molecule has 15 heavy (non-hydrogen) atoms. The Labute approximate surface area is 94.4 Å². The van der Waals surface area contributed by atoms with Crippen LogP contribution in [0.1, 0.15) is 52.4 Å². The van der Waals surface area contributed by atoms with E-state index >= 15 is 0 Å². The Bertz CT molecular complexity index is 207. The van der Waals surface area contributed by atoms with Gasteiger partial charge in [0.2, 0.25) is 0 Å². The summed E-state index contributed by atoms with van der Waals surface area (Å²) in [5.74, 6) is 0. The summed E-state index contributed by atoms with van der Waals surface area (Å²) >= 11 is 0. The molecule has 0 spiro atoms. The number of nitrogens with zero attached hydrogens (tertiary/aromatic N) is 1. The minimum absolute atomic E-state index is 0.358. The summed E-state index contributed by atoms with van der Waals surface area (Å²) in [7, 11) is 2.11. The molecule has 88 valence electrons. The maximum Gasteiger partial charge on any atom is 0.0309 e. The van der Waals surface area contributed by atoms with Crippen molar-refractivity contribution in [3.63, 3.8) is 0 Å². The average Bonchev–Trinajstić information content (AvgIpc) is 2.54. The fraction of sp³-hybridized carbons (Fsp3) is 1.00. The fourth-order valence-electron chi connectivity index (χ4n) is 3.65. The predicted molar refractivity (Wildman–Crippen MR) is 65.1 cm³/mol. The smallest absolute Gasteiger partial charge is 0.0309 e. The lowest BCUT2D eigenvalue weighted by Crippen LogP contribution is -2.53. The van der Waals surface area contributed by atoms with Gasteiger partial charge in [-0.2, -0.15) is 0 Å². The lowest BCUT2D eigenvalue weighted by molar-refractivity contribution is 0.0778. The van der Waals surface area contributed by atoms with Gasteiger partial charge in [-0.15, -0.1) is 0 Å². The highest BCUT2D eigenvalue weighted by molar-refractivity contribution is 5.02. The zero-order chi connectivity index (χ0) is 10.9. The molecule has 2 rings (SSSR count). The average molecular weight is 210 g/mol. The van der Waals surface area contributed by atoms with E-state index in [1.807, 2.05) is 0 Å². The van der Waals surface area contributed by atoms with Crippen molar-refractivity contribution in [3.05, 3.63) is 0 Å². The highest BCUT2D eigenvalue weighted by Crippen LogP contribution is 2.35. The van der Waals surface area contributed by atoms with E-state index < -0.39 is 0 Å². The van der Waals surface area contributed by atoms with Crippen molar-refractivity contribution >= 4 is 0 Å². The maximum absolute atomic E-state index is 3.48. The van der Waals surface area contributed by atoms with E-state index in [1.54, 1.807) is 0 Å². The molecule has 1 atom stereocenters. The van der Waals surface area contributed by atoms with Crippen LogP contribution < -0.4 is 5.32 Å².